The SMILES string of the molecule is O=C([O-])CCOCCC(=O)[O-].O=C([O-])CCOCCC(=O)[O-].[Ti+4]. The van der Waals surface area contributed by atoms with E-state index in [2.05, 4.69) is 9.47 Å². The summed E-state index contributed by atoms with van der Waals surface area (Å²) in [6, 6.07) is 0. The largest absolute Gasteiger partial charge is 4.00 e. The van der Waals surface area contributed by atoms with Crippen molar-refractivity contribution in [3.8, 4) is 0 Å². The van der Waals surface area contributed by atoms with Gasteiger partial charge in [-0.05, 0) is 0 Å². The van der Waals surface area contributed by atoms with Gasteiger partial charge in [-0.2, -0.15) is 0 Å². The van der Waals surface area contributed by atoms with Crippen molar-refractivity contribution in [3.05, 3.63) is 0 Å². The predicted octanol–water partition coefficient (Wildman–Crippen LogP) is -5.44. The van der Waals surface area contributed by atoms with Crippen molar-refractivity contribution in [2.24, 2.45) is 0 Å². The molecule has 0 aliphatic heterocycles. The number of ether oxygens (including phenoxy) is 2. The molecule has 0 unspecified atom stereocenters. The van der Waals surface area contributed by atoms with Crippen LogP contribution in [0.2, 0.25) is 0 Å². The second-order valence-electron chi connectivity index (χ2n) is 3.71. The first-order chi connectivity index (χ1) is 10.3. The van der Waals surface area contributed by atoms with Gasteiger partial charge in [-0.25, -0.2) is 0 Å². The number of carboxylic acids is 4. The van der Waals surface area contributed by atoms with E-state index in [4.69, 9.17) is 0 Å². The Balaban J connectivity index is -0.000000333. The van der Waals surface area contributed by atoms with Gasteiger partial charge in [-0.3, -0.25) is 0 Å². The van der Waals surface area contributed by atoms with Crippen molar-refractivity contribution in [1.82, 2.24) is 0 Å². The molecule has 0 aliphatic rings. The van der Waals surface area contributed by atoms with E-state index < -0.39 is 23.9 Å². The third kappa shape index (κ3) is 33.4. The smallest absolute Gasteiger partial charge is 0.550 e. The third-order valence-corrected chi connectivity index (χ3v) is 1.80. The molecule has 0 atom stereocenters. The van der Waals surface area contributed by atoms with Crippen molar-refractivity contribution < 1.29 is 70.8 Å². The molecular formula is C12H16O10Ti. The first-order valence-corrected chi connectivity index (χ1v) is 6.20. The van der Waals surface area contributed by atoms with E-state index in [0.717, 1.165) is 0 Å². The quantitative estimate of drug-likeness (QED) is 0.238. The van der Waals surface area contributed by atoms with Gasteiger partial charge >= 0.3 is 21.7 Å². The van der Waals surface area contributed by atoms with Crippen LogP contribution in [0.25, 0.3) is 0 Å². The molecule has 10 nitrogen and oxygen atoms in total. The summed E-state index contributed by atoms with van der Waals surface area (Å²) >= 11 is 0. The van der Waals surface area contributed by atoms with Crippen molar-refractivity contribution in [2.75, 3.05) is 26.4 Å². The summed E-state index contributed by atoms with van der Waals surface area (Å²) in [5, 5.41) is 39.1. The van der Waals surface area contributed by atoms with E-state index in [-0.39, 0.29) is 73.8 Å². The van der Waals surface area contributed by atoms with E-state index in [0.29, 0.717) is 0 Å². The monoisotopic (exact) mass is 368 g/mol. The molecule has 0 N–H and O–H groups in total. The molecule has 0 saturated carbocycles. The van der Waals surface area contributed by atoms with Crippen LogP contribution in [0.15, 0.2) is 0 Å². The summed E-state index contributed by atoms with van der Waals surface area (Å²) in [6.07, 6.45) is -0.861. The molecule has 0 amide bonds. The fourth-order valence-corrected chi connectivity index (χ4v) is 0.826. The zero-order chi connectivity index (χ0) is 17.4. The molecule has 0 aliphatic carbocycles. The van der Waals surface area contributed by atoms with Gasteiger partial charge < -0.3 is 49.1 Å². The van der Waals surface area contributed by atoms with E-state index in [9.17, 15) is 39.6 Å². The van der Waals surface area contributed by atoms with Crippen LogP contribution in [0.4, 0.5) is 0 Å². The van der Waals surface area contributed by atoms with Crippen molar-refractivity contribution in [1.29, 1.82) is 0 Å². The molecule has 23 heavy (non-hydrogen) atoms. The van der Waals surface area contributed by atoms with Gasteiger partial charge in [0.1, 0.15) is 0 Å². The predicted molar refractivity (Wildman–Crippen MR) is 60.1 cm³/mol. The number of carbonyl (C=O) groups excluding carboxylic acids is 4. The average Bonchev–Trinajstić information content (AvgIpc) is 2.37. The second-order valence-corrected chi connectivity index (χ2v) is 3.71. The molecular weight excluding hydrogens is 352 g/mol. The minimum absolute atomic E-state index is 0. The van der Waals surface area contributed by atoms with Gasteiger partial charge in [-0.15, -0.1) is 0 Å². The van der Waals surface area contributed by atoms with E-state index in [1.807, 2.05) is 0 Å². The summed E-state index contributed by atoms with van der Waals surface area (Å²) in [5.74, 6) is -4.84. The molecule has 0 fully saturated rings. The zero-order valence-electron chi connectivity index (χ0n) is 12.2. The number of hydrogen-bond acceptors (Lipinski definition) is 10. The van der Waals surface area contributed by atoms with Crippen LogP contribution in [0.5, 0.6) is 0 Å². The summed E-state index contributed by atoms with van der Waals surface area (Å²) in [7, 11) is 0. The molecule has 0 aromatic rings. The average molecular weight is 368 g/mol. The maximum absolute atomic E-state index is 9.78. The standard InChI is InChI=1S/2C6H10O5.Ti/c2*7-5(8)1-3-11-4-2-6(9)10;/h2*1-4H2,(H,7,8)(H,9,10);/q;;+4/p-4. The summed E-state index contributed by atoms with van der Waals surface area (Å²) in [6.45, 7) is -0.0730. The van der Waals surface area contributed by atoms with Gasteiger partial charge in [0.25, 0.3) is 0 Å². The number of aliphatic carboxylic acids is 4. The molecule has 11 heteroatoms. The maximum Gasteiger partial charge on any atom is 4.00 e. The Morgan fingerprint density at radius 2 is 0.696 bits per heavy atom. The van der Waals surface area contributed by atoms with Crippen LogP contribution in [0.1, 0.15) is 25.7 Å². The molecule has 0 bridgehead atoms. The minimum atomic E-state index is -1.21. The van der Waals surface area contributed by atoms with Crippen molar-refractivity contribution in [3.63, 3.8) is 0 Å². The number of carboxylic acid groups (broad SMARTS) is 4. The maximum atomic E-state index is 9.78. The molecule has 0 aromatic heterocycles. The molecule has 0 rings (SSSR count). The van der Waals surface area contributed by atoms with Crippen LogP contribution in [-0.2, 0) is 50.4 Å². The first kappa shape index (κ1) is 26.4. The Labute approximate surface area is 147 Å². The Hall–Kier alpha value is -1.49. The molecule has 0 spiro atoms. The molecule has 0 heterocycles. The summed E-state index contributed by atoms with van der Waals surface area (Å²) < 4.78 is 9.23. The minimum Gasteiger partial charge on any atom is -0.550 e. The van der Waals surface area contributed by atoms with Crippen LogP contribution in [0.3, 0.4) is 0 Å². The van der Waals surface area contributed by atoms with Gasteiger partial charge in [-0.1, -0.05) is 0 Å². The molecule has 0 radical (unpaired) electrons. The van der Waals surface area contributed by atoms with E-state index >= 15 is 0 Å². The summed E-state index contributed by atoms with van der Waals surface area (Å²) in [4.78, 5) is 39.1. The third-order valence-electron chi connectivity index (χ3n) is 1.80. The van der Waals surface area contributed by atoms with Gasteiger partial charge in [0, 0.05) is 49.6 Å². The fraction of sp³-hybridized carbons (Fsp3) is 0.667. The fourth-order valence-electron chi connectivity index (χ4n) is 0.826. The normalized spacial score (nSPS) is 9.04. The van der Waals surface area contributed by atoms with Crippen LogP contribution < -0.4 is 20.4 Å². The van der Waals surface area contributed by atoms with Gasteiger partial charge in [0.05, 0.1) is 26.4 Å². The van der Waals surface area contributed by atoms with Crippen LogP contribution in [-0.4, -0.2) is 50.3 Å². The zero-order valence-corrected chi connectivity index (χ0v) is 13.8. The van der Waals surface area contributed by atoms with E-state index in [1.165, 1.54) is 0 Å². The van der Waals surface area contributed by atoms with Crippen molar-refractivity contribution >= 4 is 23.9 Å². The number of rotatable bonds is 12. The molecule has 128 valence electrons. The number of carbonyl (C=O) groups is 4. The molecule has 0 saturated heterocycles. The Bertz CT molecular complexity index is 292. The van der Waals surface area contributed by atoms with Crippen molar-refractivity contribution in [2.45, 2.75) is 25.7 Å². The van der Waals surface area contributed by atoms with E-state index in [1.54, 1.807) is 0 Å². The number of hydrogen-bond donors (Lipinski definition) is 0. The molecule has 0 aromatic carbocycles. The Morgan fingerprint density at radius 1 is 0.522 bits per heavy atom. The van der Waals surface area contributed by atoms with Crippen LogP contribution in [0, 0.1) is 0 Å². The van der Waals surface area contributed by atoms with Crippen LogP contribution >= 0.6 is 0 Å². The van der Waals surface area contributed by atoms with Gasteiger partial charge in [0.15, 0.2) is 0 Å². The Kier molecular flexibility index (Phi) is 21.3. The Morgan fingerprint density at radius 3 is 0.826 bits per heavy atom. The topological polar surface area (TPSA) is 179 Å². The summed E-state index contributed by atoms with van der Waals surface area (Å²) in [5.41, 5.74) is 0. The second kappa shape index (κ2) is 18.6. The first-order valence-electron chi connectivity index (χ1n) is 6.20. The van der Waals surface area contributed by atoms with Gasteiger partial charge in [0.2, 0.25) is 0 Å².